The van der Waals surface area contributed by atoms with Gasteiger partial charge in [0.1, 0.15) is 0 Å². The molecule has 2 heteroatoms. The molecule has 2 atom stereocenters. The first-order valence-electron chi connectivity index (χ1n) is 5.68. The van der Waals surface area contributed by atoms with E-state index >= 15 is 0 Å². The maximum absolute atomic E-state index is 3.65. The van der Waals surface area contributed by atoms with Crippen LogP contribution < -0.4 is 5.32 Å². The lowest BCUT2D eigenvalue weighted by atomic mass is 10.0. The zero-order valence-corrected chi connectivity index (χ0v) is 10.5. The van der Waals surface area contributed by atoms with Crippen molar-refractivity contribution in [2.45, 2.75) is 49.4 Å². The largest absolute Gasteiger partial charge is 0.308 e. The molecule has 0 saturated carbocycles. The predicted molar refractivity (Wildman–Crippen MR) is 67.4 cm³/mol. The lowest BCUT2D eigenvalue weighted by Crippen LogP contribution is -2.32. The van der Waals surface area contributed by atoms with E-state index in [0.717, 1.165) is 5.25 Å². The molecule has 1 heterocycles. The second kappa shape index (κ2) is 4.58. The molecule has 1 aromatic rings. The van der Waals surface area contributed by atoms with E-state index in [9.17, 15) is 0 Å². The van der Waals surface area contributed by atoms with Crippen LogP contribution in [0.5, 0.6) is 0 Å². The van der Waals surface area contributed by atoms with E-state index < -0.39 is 0 Å². The van der Waals surface area contributed by atoms with Gasteiger partial charge in [0, 0.05) is 22.2 Å². The summed E-state index contributed by atoms with van der Waals surface area (Å²) in [4.78, 5) is 1.45. The Labute approximate surface area is 96.7 Å². The summed E-state index contributed by atoms with van der Waals surface area (Å²) in [6, 6.07) is 9.87. The number of hydrogen-bond acceptors (Lipinski definition) is 2. The van der Waals surface area contributed by atoms with Gasteiger partial charge in [0.15, 0.2) is 0 Å². The van der Waals surface area contributed by atoms with Gasteiger partial charge in [-0.2, -0.15) is 0 Å². The third-order valence-electron chi connectivity index (χ3n) is 2.72. The van der Waals surface area contributed by atoms with Gasteiger partial charge in [-0.05, 0) is 18.1 Å². The van der Waals surface area contributed by atoms with E-state index in [2.05, 4.69) is 50.4 Å². The molecule has 0 saturated heterocycles. The molecule has 0 aromatic heterocycles. The normalized spacial score (nSPS) is 25.3. The Morgan fingerprint density at radius 1 is 1.33 bits per heavy atom. The molecule has 15 heavy (non-hydrogen) atoms. The van der Waals surface area contributed by atoms with Gasteiger partial charge in [0.05, 0.1) is 0 Å². The average Bonchev–Trinajstić information content (AvgIpc) is 2.16. The van der Waals surface area contributed by atoms with Crippen LogP contribution in [0.15, 0.2) is 29.2 Å². The number of thioether (sulfide) groups is 1. The van der Waals surface area contributed by atoms with Crippen LogP contribution in [0.2, 0.25) is 0 Å². The number of rotatable bonds is 2. The summed E-state index contributed by atoms with van der Waals surface area (Å²) in [7, 11) is 0. The second-order valence-corrected chi connectivity index (χ2v) is 6.06. The smallest absolute Gasteiger partial charge is 0.0344 e. The summed E-state index contributed by atoms with van der Waals surface area (Å²) in [6.07, 6.45) is 1.24. The first-order valence-corrected chi connectivity index (χ1v) is 6.56. The van der Waals surface area contributed by atoms with Crippen molar-refractivity contribution in [1.29, 1.82) is 0 Å². The van der Waals surface area contributed by atoms with Crippen LogP contribution in [0.3, 0.4) is 0 Å². The molecule has 2 rings (SSSR count). The van der Waals surface area contributed by atoms with Crippen molar-refractivity contribution in [3.05, 3.63) is 29.8 Å². The highest BCUT2D eigenvalue weighted by atomic mass is 32.2. The fourth-order valence-electron chi connectivity index (χ4n) is 2.16. The fourth-order valence-corrected chi connectivity index (χ4v) is 3.39. The molecular weight excluding hydrogens is 202 g/mol. The minimum Gasteiger partial charge on any atom is -0.308 e. The standard InChI is InChI=1S/C13H19NS/c1-9(2)14-12-8-10(3)15-13-7-5-4-6-11(12)13/h4-7,9-10,12,14H,8H2,1-3H3. The van der Waals surface area contributed by atoms with Crippen molar-refractivity contribution in [2.24, 2.45) is 0 Å². The van der Waals surface area contributed by atoms with Crippen molar-refractivity contribution in [1.82, 2.24) is 5.32 Å². The van der Waals surface area contributed by atoms with E-state index in [-0.39, 0.29) is 0 Å². The number of fused-ring (bicyclic) bond motifs is 1. The predicted octanol–water partition coefficient (Wildman–Crippen LogP) is 3.61. The SMILES string of the molecule is CC(C)NC1CC(C)Sc2ccccc21. The first-order chi connectivity index (χ1) is 7.16. The van der Waals surface area contributed by atoms with Gasteiger partial charge in [-0.1, -0.05) is 39.0 Å². The minimum atomic E-state index is 0.539. The second-order valence-electron chi connectivity index (χ2n) is 4.58. The van der Waals surface area contributed by atoms with Gasteiger partial charge in [-0.15, -0.1) is 11.8 Å². The van der Waals surface area contributed by atoms with Crippen molar-refractivity contribution >= 4 is 11.8 Å². The molecule has 82 valence electrons. The fraction of sp³-hybridized carbons (Fsp3) is 0.538. The molecule has 0 amide bonds. The van der Waals surface area contributed by atoms with E-state index in [4.69, 9.17) is 0 Å². The van der Waals surface area contributed by atoms with Crippen molar-refractivity contribution < 1.29 is 0 Å². The van der Waals surface area contributed by atoms with Crippen LogP contribution in [-0.4, -0.2) is 11.3 Å². The van der Waals surface area contributed by atoms with Gasteiger partial charge >= 0.3 is 0 Å². The van der Waals surface area contributed by atoms with Gasteiger partial charge in [-0.25, -0.2) is 0 Å². The third-order valence-corrected chi connectivity index (χ3v) is 3.95. The Bertz CT molecular complexity index is 335. The van der Waals surface area contributed by atoms with E-state index in [0.29, 0.717) is 12.1 Å². The van der Waals surface area contributed by atoms with Crippen molar-refractivity contribution in [2.75, 3.05) is 0 Å². The molecule has 1 aromatic carbocycles. The molecule has 0 radical (unpaired) electrons. The summed E-state index contributed by atoms with van der Waals surface area (Å²) in [5.74, 6) is 0. The molecule has 0 bridgehead atoms. The molecule has 1 nitrogen and oxygen atoms in total. The molecule has 2 unspecified atom stereocenters. The monoisotopic (exact) mass is 221 g/mol. The zero-order chi connectivity index (χ0) is 10.8. The lowest BCUT2D eigenvalue weighted by molar-refractivity contribution is 0.442. The van der Waals surface area contributed by atoms with Gasteiger partial charge < -0.3 is 5.32 Å². The van der Waals surface area contributed by atoms with Crippen LogP contribution >= 0.6 is 11.8 Å². The van der Waals surface area contributed by atoms with Gasteiger partial charge in [0.25, 0.3) is 0 Å². The Morgan fingerprint density at radius 3 is 2.80 bits per heavy atom. The summed E-state index contributed by atoms with van der Waals surface area (Å²) < 4.78 is 0. The van der Waals surface area contributed by atoms with Crippen molar-refractivity contribution in [3.8, 4) is 0 Å². The van der Waals surface area contributed by atoms with E-state index in [1.54, 1.807) is 0 Å². The van der Waals surface area contributed by atoms with Crippen LogP contribution in [0.25, 0.3) is 0 Å². The highest BCUT2D eigenvalue weighted by molar-refractivity contribution is 8.00. The summed E-state index contributed by atoms with van der Waals surface area (Å²) >= 11 is 2.00. The average molecular weight is 221 g/mol. The highest BCUT2D eigenvalue weighted by Gasteiger charge is 2.24. The van der Waals surface area contributed by atoms with Crippen LogP contribution in [0.1, 0.15) is 38.8 Å². The third kappa shape index (κ3) is 2.56. The number of hydrogen-bond donors (Lipinski definition) is 1. The highest BCUT2D eigenvalue weighted by Crippen LogP contribution is 2.40. The van der Waals surface area contributed by atoms with Crippen LogP contribution in [0.4, 0.5) is 0 Å². The van der Waals surface area contributed by atoms with Gasteiger partial charge in [0.2, 0.25) is 0 Å². The maximum Gasteiger partial charge on any atom is 0.0344 e. The number of benzene rings is 1. The quantitative estimate of drug-likeness (QED) is 0.818. The van der Waals surface area contributed by atoms with Crippen LogP contribution in [0, 0.1) is 0 Å². The molecular formula is C13H19NS. The molecule has 1 aliphatic heterocycles. The summed E-state index contributed by atoms with van der Waals surface area (Å²) in [6.45, 7) is 6.75. The first kappa shape index (κ1) is 11.0. The van der Waals surface area contributed by atoms with Crippen molar-refractivity contribution in [3.63, 3.8) is 0 Å². The Kier molecular flexibility index (Phi) is 3.37. The molecule has 0 fully saturated rings. The van der Waals surface area contributed by atoms with Gasteiger partial charge in [-0.3, -0.25) is 0 Å². The molecule has 1 aliphatic rings. The summed E-state index contributed by atoms with van der Waals surface area (Å²) in [5, 5.41) is 4.37. The molecule has 0 spiro atoms. The Balaban J connectivity index is 2.26. The number of nitrogens with one attached hydrogen (secondary N) is 1. The minimum absolute atomic E-state index is 0.539. The maximum atomic E-state index is 3.65. The lowest BCUT2D eigenvalue weighted by Gasteiger charge is -2.31. The topological polar surface area (TPSA) is 12.0 Å². The van der Waals surface area contributed by atoms with E-state index in [1.165, 1.54) is 16.9 Å². The Hall–Kier alpha value is -0.470. The molecule has 0 aliphatic carbocycles. The van der Waals surface area contributed by atoms with E-state index in [1.807, 2.05) is 11.8 Å². The summed E-state index contributed by atoms with van der Waals surface area (Å²) in [5.41, 5.74) is 1.48. The molecule has 1 N–H and O–H groups in total. The van der Waals surface area contributed by atoms with Crippen LogP contribution in [-0.2, 0) is 0 Å². The zero-order valence-electron chi connectivity index (χ0n) is 9.66. The Morgan fingerprint density at radius 2 is 2.07 bits per heavy atom.